The Bertz CT molecular complexity index is 1280. The predicted octanol–water partition coefficient (Wildman–Crippen LogP) is 3.32. The molecule has 0 aliphatic carbocycles. The number of aromatic nitrogens is 2. The standard InChI is InChI=1S/C25H29FN2O6/c1-16(14-26)34-19-5-6-21-20(13-19)24(29)27(25(30)28(21)18-8-10-33-11-9-18)15-17-4-7-22(31-2)23(12-17)32-3/h4-7,12-13,16,18H,8-11,14-15H2,1-3H3/t16-/m0/s1. The molecule has 0 radical (unpaired) electrons. The molecule has 0 N–H and O–H groups in total. The van der Waals surface area contributed by atoms with Crippen molar-refractivity contribution in [3.8, 4) is 17.2 Å². The minimum Gasteiger partial charge on any atom is -0.493 e. The molecule has 0 spiro atoms. The Balaban J connectivity index is 1.88. The van der Waals surface area contributed by atoms with Gasteiger partial charge in [0.25, 0.3) is 5.56 Å². The average Bonchev–Trinajstić information content (AvgIpc) is 2.87. The summed E-state index contributed by atoms with van der Waals surface area (Å²) in [4.78, 5) is 27.2. The lowest BCUT2D eigenvalue weighted by molar-refractivity contribution is 0.0691. The fourth-order valence-electron chi connectivity index (χ4n) is 4.30. The van der Waals surface area contributed by atoms with Gasteiger partial charge >= 0.3 is 5.69 Å². The van der Waals surface area contributed by atoms with Gasteiger partial charge in [0.2, 0.25) is 0 Å². The van der Waals surface area contributed by atoms with E-state index in [1.807, 2.05) is 0 Å². The highest BCUT2D eigenvalue weighted by atomic mass is 19.1. The number of methoxy groups -OCH3 is 2. The van der Waals surface area contributed by atoms with Crippen LogP contribution in [0.3, 0.4) is 0 Å². The fourth-order valence-corrected chi connectivity index (χ4v) is 4.30. The summed E-state index contributed by atoms with van der Waals surface area (Å²) in [5, 5.41) is 0.343. The molecule has 2 aromatic carbocycles. The maximum Gasteiger partial charge on any atom is 0.332 e. The Hall–Kier alpha value is -3.33. The molecule has 0 saturated carbocycles. The van der Waals surface area contributed by atoms with E-state index in [0.717, 1.165) is 0 Å². The lowest BCUT2D eigenvalue weighted by atomic mass is 10.1. The first-order valence-corrected chi connectivity index (χ1v) is 11.3. The van der Waals surface area contributed by atoms with Gasteiger partial charge in [-0.2, -0.15) is 0 Å². The lowest BCUT2D eigenvalue weighted by Crippen LogP contribution is -2.42. The highest BCUT2D eigenvalue weighted by molar-refractivity contribution is 5.80. The largest absolute Gasteiger partial charge is 0.493 e. The first-order chi connectivity index (χ1) is 16.5. The van der Waals surface area contributed by atoms with Crippen LogP contribution in [0.1, 0.15) is 31.4 Å². The minimum absolute atomic E-state index is 0.0587. The molecule has 1 saturated heterocycles. The Morgan fingerprint density at radius 1 is 1.06 bits per heavy atom. The summed E-state index contributed by atoms with van der Waals surface area (Å²) in [6.07, 6.45) is 0.689. The zero-order valence-electron chi connectivity index (χ0n) is 19.6. The van der Waals surface area contributed by atoms with Gasteiger partial charge in [-0.3, -0.25) is 13.9 Å². The molecule has 4 rings (SSSR count). The number of rotatable bonds is 8. The summed E-state index contributed by atoms with van der Waals surface area (Å²) in [5.41, 5.74) is 0.431. The molecular weight excluding hydrogens is 443 g/mol. The molecule has 1 aliphatic rings. The predicted molar refractivity (Wildman–Crippen MR) is 126 cm³/mol. The van der Waals surface area contributed by atoms with Gasteiger partial charge in [-0.25, -0.2) is 9.18 Å². The molecule has 1 atom stereocenters. The summed E-state index contributed by atoms with van der Waals surface area (Å²) in [5.74, 6) is 1.44. The van der Waals surface area contributed by atoms with Gasteiger partial charge in [-0.1, -0.05) is 6.07 Å². The minimum atomic E-state index is -0.650. The highest BCUT2D eigenvalue weighted by Gasteiger charge is 2.23. The second kappa shape index (κ2) is 10.3. The third-order valence-corrected chi connectivity index (χ3v) is 6.04. The van der Waals surface area contributed by atoms with Crippen LogP contribution in [0.2, 0.25) is 0 Å². The van der Waals surface area contributed by atoms with Crippen molar-refractivity contribution in [3.05, 3.63) is 62.8 Å². The van der Waals surface area contributed by atoms with Gasteiger partial charge in [0.15, 0.2) is 11.5 Å². The summed E-state index contributed by atoms with van der Waals surface area (Å²) >= 11 is 0. The Morgan fingerprint density at radius 2 is 1.79 bits per heavy atom. The zero-order valence-corrected chi connectivity index (χ0v) is 19.6. The number of hydrogen-bond acceptors (Lipinski definition) is 6. The van der Waals surface area contributed by atoms with E-state index in [4.69, 9.17) is 18.9 Å². The van der Waals surface area contributed by atoms with Crippen LogP contribution in [0.4, 0.5) is 4.39 Å². The van der Waals surface area contributed by atoms with Crippen LogP contribution in [0.15, 0.2) is 46.0 Å². The molecule has 9 heteroatoms. The first kappa shape index (κ1) is 23.8. The number of hydrogen-bond donors (Lipinski definition) is 0. The molecule has 2 heterocycles. The maximum atomic E-state index is 13.6. The second-order valence-electron chi connectivity index (χ2n) is 8.34. The van der Waals surface area contributed by atoms with Crippen LogP contribution in [0.5, 0.6) is 17.2 Å². The van der Waals surface area contributed by atoms with Crippen molar-refractivity contribution < 1.29 is 23.3 Å². The molecule has 8 nitrogen and oxygen atoms in total. The molecule has 1 fully saturated rings. The fraction of sp³-hybridized carbons (Fsp3) is 0.440. The Kier molecular flexibility index (Phi) is 7.21. The van der Waals surface area contributed by atoms with E-state index in [2.05, 4.69) is 0 Å². The van der Waals surface area contributed by atoms with Crippen molar-refractivity contribution >= 4 is 10.9 Å². The van der Waals surface area contributed by atoms with Crippen LogP contribution < -0.4 is 25.5 Å². The van der Waals surface area contributed by atoms with Crippen molar-refractivity contribution in [2.45, 2.75) is 38.5 Å². The first-order valence-electron chi connectivity index (χ1n) is 11.3. The topological polar surface area (TPSA) is 80.9 Å². The van der Waals surface area contributed by atoms with Gasteiger partial charge in [0.05, 0.1) is 31.7 Å². The van der Waals surface area contributed by atoms with Crippen molar-refractivity contribution in [1.82, 2.24) is 9.13 Å². The molecule has 34 heavy (non-hydrogen) atoms. The summed E-state index contributed by atoms with van der Waals surface area (Å²) < 4.78 is 37.6. The molecule has 3 aromatic rings. The number of benzene rings is 2. The number of alkyl halides is 1. The maximum absolute atomic E-state index is 13.6. The summed E-state index contributed by atoms with van der Waals surface area (Å²) in [6.45, 7) is 2.11. The number of halogens is 1. The van der Waals surface area contributed by atoms with Crippen molar-refractivity contribution in [1.29, 1.82) is 0 Å². The molecule has 1 aliphatic heterocycles. The van der Waals surface area contributed by atoms with Crippen LogP contribution in [0, 0.1) is 0 Å². The normalized spacial score (nSPS) is 15.3. The van der Waals surface area contributed by atoms with Crippen LogP contribution in [0.25, 0.3) is 10.9 Å². The number of fused-ring (bicyclic) bond motifs is 1. The van der Waals surface area contributed by atoms with Gasteiger partial charge < -0.3 is 18.9 Å². The van der Waals surface area contributed by atoms with E-state index >= 15 is 0 Å². The SMILES string of the molecule is COc1ccc(Cn2c(=O)c3cc(O[C@@H](C)CF)ccc3n(C3CCOCC3)c2=O)cc1OC. The smallest absolute Gasteiger partial charge is 0.332 e. The van der Waals surface area contributed by atoms with Crippen LogP contribution in [-0.2, 0) is 11.3 Å². The summed E-state index contributed by atoms with van der Waals surface area (Å²) in [6, 6.07) is 10.1. The molecule has 0 unspecified atom stereocenters. The number of nitrogens with zero attached hydrogens (tertiary/aromatic N) is 2. The molecule has 0 bridgehead atoms. The van der Waals surface area contributed by atoms with E-state index < -0.39 is 18.3 Å². The van der Waals surface area contributed by atoms with Gasteiger partial charge in [0, 0.05) is 19.3 Å². The molecule has 182 valence electrons. The van der Waals surface area contributed by atoms with Gasteiger partial charge in [-0.05, 0) is 55.7 Å². The van der Waals surface area contributed by atoms with E-state index in [9.17, 15) is 14.0 Å². The highest BCUT2D eigenvalue weighted by Crippen LogP contribution is 2.28. The van der Waals surface area contributed by atoms with Crippen molar-refractivity contribution in [2.24, 2.45) is 0 Å². The van der Waals surface area contributed by atoms with Gasteiger partial charge in [-0.15, -0.1) is 0 Å². The lowest BCUT2D eigenvalue weighted by Gasteiger charge is -2.26. The number of ether oxygens (including phenoxy) is 4. The third kappa shape index (κ3) is 4.65. The van der Waals surface area contributed by atoms with E-state index in [1.54, 1.807) is 55.0 Å². The summed E-state index contributed by atoms with van der Waals surface area (Å²) in [7, 11) is 3.07. The van der Waals surface area contributed by atoms with E-state index in [1.165, 1.54) is 11.7 Å². The molecule has 1 aromatic heterocycles. The zero-order chi connectivity index (χ0) is 24.2. The Morgan fingerprint density at radius 3 is 2.47 bits per heavy atom. The van der Waals surface area contributed by atoms with Crippen LogP contribution in [-0.4, -0.2) is 49.3 Å². The van der Waals surface area contributed by atoms with Crippen molar-refractivity contribution in [2.75, 3.05) is 34.1 Å². The monoisotopic (exact) mass is 472 g/mol. The molecule has 0 amide bonds. The molecular formula is C25H29FN2O6. The average molecular weight is 473 g/mol. The van der Waals surface area contributed by atoms with Crippen LogP contribution >= 0.6 is 0 Å². The second-order valence-corrected chi connectivity index (χ2v) is 8.34. The van der Waals surface area contributed by atoms with E-state index in [0.29, 0.717) is 59.8 Å². The third-order valence-electron chi connectivity index (χ3n) is 6.04. The van der Waals surface area contributed by atoms with E-state index in [-0.39, 0.29) is 18.3 Å². The Labute approximate surface area is 196 Å². The van der Waals surface area contributed by atoms with Gasteiger partial charge in [0.1, 0.15) is 18.5 Å². The quantitative estimate of drug-likeness (QED) is 0.500. The van der Waals surface area contributed by atoms with Crippen molar-refractivity contribution in [3.63, 3.8) is 0 Å².